The highest BCUT2D eigenvalue weighted by molar-refractivity contribution is 6.08. The number of hydrogen-bond donors (Lipinski definition) is 2. The second-order valence-electron chi connectivity index (χ2n) is 4.56. The molecule has 1 saturated carbocycles. The number of ether oxygens (including phenoxy) is 2. The fourth-order valence-corrected chi connectivity index (χ4v) is 2.42. The van der Waals surface area contributed by atoms with Crippen molar-refractivity contribution in [1.82, 2.24) is 0 Å². The van der Waals surface area contributed by atoms with Gasteiger partial charge in [-0.2, -0.15) is 0 Å². The molecule has 6 heteroatoms. The normalized spacial score (nSPS) is 19.6. The monoisotopic (exact) mass is 264 g/mol. The number of rotatable bonds is 5. The Bertz CT molecular complexity index is 527. The van der Waals surface area contributed by atoms with Crippen molar-refractivity contribution in [3.05, 3.63) is 23.8 Å². The molecule has 1 aliphatic carbocycles. The Balaban J connectivity index is 2.44. The molecule has 6 nitrogen and oxygen atoms in total. The van der Waals surface area contributed by atoms with Gasteiger partial charge >= 0.3 is 0 Å². The maximum absolute atomic E-state index is 11.5. The van der Waals surface area contributed by atoms with Crippen LogP contribution in [0.3, 0.4) is 0 Å². The molecule has 1 aliphatic rings. The lowest BCUT2D eigenvalue weighted by molar-refractivity contribution is -0.133. The highest BCUT2D eigenvalue weighted by Gasteiger charge is 2.65. The maximum Gasteiger partial charge on any atom is 0.233 e. The number of nitrogens with two attached hydrogens (primary N) is 2. The first-order valence-corrected chi connectivity index (χ1v) is 5.79. The van der Waals surface area contributed by atoms with Gasteiger partial charge < -0.3 is 20.9 Å². The van der Waals surface area contributed by atoms with E-state index in [2.05, 4.69) is 0 Å². The van der Waals surface area contributed by atoms with Gasteiger partial charge in [-0.15, -0.1) is 0 Å². The Morgan fingerprint density at radius 1 is 1.21 bits per heavy atom. The van der Waals surface area contributed by atoms with Gasteiger partial charge in [0, 0.05) is 11.5 Å². The van der Waals surface area contributed by atoms with E-state index < -0.39 is 17.2 Å². The van der Waals surface area contributed by atoms with Crippen LogP contribution in [0.2, 0.25) is 0 Å². The van der Waals surface area contributed by atoms with Crippen LogP contribution in [0, 0.1) is 5.41 Å². The van der Waals surface area contributed by atoms with Crippen molar-refractivity contribution in [2.45, 2.75) is 12.3 Å². The first-order valence-electron chi connectivity index (χ1n) is 5.79. The lowest BCUT2D eigenvalue weighted by Gasteiger charge is -2.13. The Morgan fingerprint density at radius 2 is 1.84 bits per heavy atom. The zero-order valence-corrected chi connectivity index (χ0v) is 10.8. The molecule has 102 valence electrons. The van der Waals surface area contributed by atoms with Gasteiger partial charge in [0.25, 0.3) is 0 Å². The molecule has 1 aromatic rings. The van der Waals surface area contributed by atoms with Crippen molar-refractivity contribution in [3.8, 4) is 11.5 Å². The van der Waals surface area contributed by atoms with Gasteiger partial charge in [0.05, 0.1) is 14.2 Å². The maximum atomic E-state index is 11.5. The van der Waals surface area contributed by atoms with E-state index in [4.69, 9.17) is 20.9 Å². The van der Waals surface area contributed by atoms with Crippen LogP contribution >= 0.6 is 0 Å². The minimum Gasteiger partial charge on any atom is -0.497 e. The van der Waals surface area contributed by atoms with Crippen LogP contribution in [-0.4, -0.2) is 26.0 Å². The number of carbonyl (C=O) groups is 2. The zero-order chi connectivity index (χ0) is 14.2. The van der Waals surface area contributed by atoms with Gasteiger partial charge in [-0.1, -0.05) is 0 Å². The third kappa shape index (κ3) is 1.89. The summed E-state index contributed by atoms with van der Waals surface area (Å²) in [5.41, 5.74) is 10.0. The molecular weight excluding hydrogens is 248 g/mol. The summed E-state index contributed by atoms with van der Waals surface area (Å²) < 4.78 is 10.4. The Kier molecular flexibility index (Phi) is 3.09. The molecule has 0 heterocycles. The van der Waals surface area contributed by atoms with Gasteiger partial charge in [0.2, 0.25) is 11.8 Å². The van der Waals surface area contributed by atoms with E-state index in [1.807, 2.05) is 0 Å². The van der Waals surface area contributed by atoms with E-state index >= 15 is 0 Å². The molecule has 0 aliphatic heterocycles. The van der Waals surface area contributed by atoms with E-state index in [1.165, 1.54) is 14.2 Å². The minimum atomic E-state index is -1.31. The number of carbonyl (C=O) groups excluding carboxylic acids is 2. The van der Waals surface area contributed by atoms with Crippen LogP contribution in [0.1, 0.15) is 17.9 Å². The highest BCUT2D eigenvalue weighted by atomic mass is 16.5. The van der Waals surface area contributed by atoms with Crippen molar-refractivity contribution >= 4 is 11.8 Å². The van der Waals surface area contributed by atoms with Crippen LogP contribution < -0.4 is 20.9 Å². The number of primary amides is 2. The van der Waals surface area contributed by atoms with E-state index in [0.29, 0.717) is 23.5 Å². The largest absolute Gasteiger partial charge is 0.497 e. The van der Waals surface area contributed by atoms with Crippen LogP contribution in [-0.2, 0) is 9.59 Å². The summed E-state index contributed by atoms with van der Waals surface area (Å²) in [4.78, 5) is 23.0. The summed E-state index contributed by atoms with van der Waals surface area (Å²) in [6, 6.07) is 5.19. The smallest absolute Gasteiger partial charge is 0.233 e. The fourth-order valence-electron chi connectivity index (χ4n) is 2.42. The molecule has 1 atom stereocenters. The Labute approximate surface area is 110 Å². The van der Waals surface area contributed by atoms with Crippen LogP contribution in [0.15, 0.2) is 18.2 Å². The number of amides is 2. The van der Waals surface area contributed by atoms with Crippen molar-refractivity contribution in [2.24, 2.45) is 16.9 Å². The zero-order valence-electron chi connectivity index (χ0n) is 10.8. The predicted molar refractivity (Wildman–Crippen MR) is 67.7 cm³/mol. The summed E-state index contributed by atoms with van der Waals surface area (Å²) >= 11 is 0. The second-order valence-corrected chi connectivity index (χ2v) is 4.56. The molecule has 2 amide bonds. The van der Waals surface area contributed by atoms with Crippen molar-refractivity contribution in [2.75, 3.05) is 14.2 Å². The third-order valence-corrected chi connectivity index (χ3v) is 3.65. The molecule has 2 rings (SSSR count). The van der Waals surface area contributed by atoms with Gasteiger partial charge in [-0.05, 0) is 24.6 Å². The summed E-state index contributed by atoms with van der Waals surface area (Å²) in [6.07, 6.45) is 0.307. The molecule has 0 aromatic heterocycles. The van der Waals surface area contributed by atoms with Gasteiger partial charge in [0.15, 0.2) is 0 Å². The van der Waals surface area contributed by atoms with Crippen molar-refractivity contribution in [3.63, 3.8) is 0 Å². The average Bonchev–Trinajstić information content (AvgIpc) is 3.14. The van der Waals surface area contributed by atoms with Gasteiger partial charge in [-0.3, -0.25) is 9.59 Å². The Morgan fingerprint density at radius 3 is 2.26 bits per heavy atom. The average molecular weight is 264 g/mol. The van der Waals surface area contributed by atoms with Gasteiger partial charge in [0.1, 0.15) is 16.9 Å². The van der Waals surface area contributed by atoms with E-state index in [9.17, 15) is 9.59 Å². The topological polar surface area (TPSA) is 105 Å². The van der Waals surface area contributed by atoms with Crippen LogP contribution in [0.5, 0.6) is 11.5 Å². The molecule has 0 bridgehead atoms. The van der Waals surface area contributed by atoms with Crippen molar-refractivity contribution in [1.29, 1.82) is 0 Å². The first-order chi connectivity index (χ1) is 8.97. The predicted octanol–water partition coefficient (Wildman–Crippen LogP) is 0.148. The second kappa shape index (κ2) is 4.46. The standard InChI is InChI=1S/C13H16N2O4/c1-18-7-3-4-10(19-2)8(5-7)9-6-13(9,11(14)16)12(15)17/h3-5,9H,6H2,1-2H3,(H2,14,16)(H2,15,17). The van der Waals surface area contributed by atoms with Crippen molar-refractivity contribution < 1.29 is 19.1 Å². The minimum absolute atomic E-state index is 0.307. The SMILES string of the molecule is COc1ccc(OC)c(C2CC2(C(N)=O)C(N)=O)c1. The highest BCUT2D eigenvalue weighted by Crippen LogP contribution is 2.61. The molecule has 0 radical (unpaired) electrons. The quantitative estimate of drug-likeness (QED) is 0.738. The summed E-state index contributed by atoms with van der Waals surface area (Å²) in [5.74, 6) is -0.557. The molecule has 4 N–H and O–H groups in total. The van der Waals surface area contributed by atoms with E-state index in [-0.39, 0.29) is 5.92 Å². The first kappa shape index (κ1) is 13.2. The summed E-state index contributed by atoms with van der Waals surface area (Å²) in [5, 5.41) is 0. The molecule has 0 saturated heterocycles. The fraction of sp³-hybridized carbons (Fsp3) is 0.385. The molecule has 19 heavy (non-hydrogen) atoms. The third-order valence-electron chi connectivity index (χ3n) is 3.65. The Hall–Kier alpha value is -2.24. The number of benzene rings is 1. The van der Waals surface area contributed by atoms with E-state index in [1.54, 1.807) is 18.2 Å². The lowest BCUT2D eigenvalue weighted by atomic mass is 9.97. The van der Waals surface area contributed by atoms with Gasteiger partial charge in [-0.25, -0.2) is 0 Å². The molecule has 1 unspecified atom stereocenters. The van der Waals surface area contributed by atoms with Crippen LogP contribution in [0.25, 0.3) is 0 Å². The summed E-state index contributed by atoms with van der Waals surface area (Å²) in [7, 11) is 3.05. The van der Waals surface area contributed by atoms with Crippen LogP contribution in [0.4, 0.5) is 0 Å². The number of methoxy groups -OCH3 is 2. The van der Waals surface area contributed by atoms with E-state index in [0.717, 1.165) is 0 Å². The molecule has 1 aromatic carbocycles. The molecule has 0 spiro atoms. The number of hydrogen-bond acceptors (Lipinski definition) is 4. The lowest BCUT2D eigenvalue weighted by Crippen LogP contribution is -2.38. The molecular formula is C13H16N2O4. The molecule has 1 fully saturated rings. The summed E-state index contributed by atoms with van der Waals surface area (Å²) in [6.45, 7) is 0.